The SMILES string of the molecule is CCCOCCn1cccc1CNCC. The number of rotatable bonds is 8. The molecule has 0 saturated carbocycles. The molecule has 1 heterocycles. The molecule has 0 unspecified atom stereocenters. The van der Waals surface area contributed by atoms with E-state index >= 15 is 0 Å². The molecule has 0 aliphatic rings. The first kappa shape index (κ1) is 12.3. The van der Waals surface area contributed by atoms with E-state index < -0.39 is 0 Å². The van der Waals surface area contributed by atoms with Gasteiger partial charge in [0.1, 0.15) is 0 Å². The number of ether oxygens (including phenoxy) is 1. The van der Waals surface area contributed by atoms with Gasteiger partial charge in [-0.25, -0.2) is 0 Å². The van der Waals surface area contributed by atoms with Crippen molar-refractivity contribution in [3.05, 3.63) is 24.0 Å². The minimum atomic E-state index is 0.807. The van der Waals surface area contributed by atoms with Gasteiger partial charge in [-0.2, -0.15) is 0 Å². The summed E-state index contributed by atoms with van der Waals surface area (Å²) in [5, 5.41) is 3.33. The summed E-state index contributed by atoms with van der Waals surface area (Å²) in [6.45, 7) is 8.83. The Bertz CT molecular complexity index is 258. The lowest BCUT2D eigenvalue weighted by molar-refractivity contribution is 0.126. The average molecular weight is 210 g/mol. The Morgan fingerprint density at radius 2 is 2.20 bits per heavy atom. The molecule has 1 aromatic heterocycles. The number of hydrogen-bond acceptors (Lipinski definition) is 2. The van der Waals surface area contributed by atoms with Crippen molar-refractivity contribution in [1.82, 2.24) is 9.88 Å². The third-order valence-electron chi connectivity index (χ3n) is 2.30. The van der Waals surface area contributed by atoms with Gasteiger partial charge in [0.15, 0.2) is 0 Å². The molecule has 0 fully saturated rings. The first-order valence-corrected chi connectivity index (χ1v) is 5.81. The fourth-order valence-electron chi connectivity index (χ4n) is 1.49. The van der Waals surface area contributed by atoms with Gasteiger partial charge in [-0.3, -0.25) is 0 Å². The second-order valence-corrected chi connectivity index (χ2v) is 3.59. The summed E-state index contributed by atoms with van der Waals surface area (Å²) >= 11 is 0. The number of aromatic nitrogens is 1. The van der Waals surface area contributed by atoms with Crippen molar-refractivity contribution in [1.29, 1.82) is 0 Å². The van der Waals surface area contributed by atoms with E-state index in [0.29, 0.717) is 0 Å². The Kier molecular flexibility index (Phi) is 6.12. The van der Waals surface area contributed by atoms with Gasteiger partial charge in [-0.05, 0) is 25.1 Å². The van der Waals surface area contributed by atoms with Crippen LogP contribution in [0.2, 0.25) is 0 Å². The summed E-state index contributed by atoms with van der Waals surface area (Å²) in [4.78, 5) is 0. The van der Waals surface area contributed by atoms with Gasteiger partial charge >= 0.3 is 0 Å². The Morgan fingerprint density at radius 1 is 1.33 bits per heavy atom. The van der Waals surface area contributed by atoms with E-state index in [1.807, 2.05) is 0 Å². The molecule has 0 aliphatic carbocycles. The first-order chi connectivity index (χ1) is 7.38. The maximum atomic E-state index is 5.47. The van der Waals surface area contributed by atoms with E-state index in [9.17, 15) is 0 Å². The van der Waals surface area contributed by atoms with Gasteiger partial charge in [0.25, 0.3) is 0 Å². The summed E-state index contributed by atoms with van der Waals surface area (Å²) in [5.41, 5.74) is 1.33. The molecule has 0 saturated heterocycles. The predicted octanol–water partition coefficient (Wildman–Crippen LogP) is 2.02. The van der Waals surface area contributed by atoms with Crippen LogP contribution in [0.4, 0.5) is 0 Å². The van der Waals surface area contributed by atoms with Crippen LogP contribution in [0.3, 0.4) is 0 Å². The lowest BCUT2D eigenvalue weighted by Crippen LogP contribution is -2.16. The summed E-state index contributed by atoms with van der Waals surface area (Å²) in [7, 11) is 0. The Morgan fingerprint density at radius 3 is 2.93 bits per heavy atom. The number of nitrogens with zero attached hydrogens (tertiary/aromatic N) is 1. The van der Waals surface area contributed by atoms with Gasteiger partial charge in [0.05, 0.1) is 6.61 Å². The molecule has 0 radical (unpaired) electrons. The molecule has 0 amide bonds. The molecule has 1 N–H and O–H groups in total. The highest BCUT2D eigenvalue weighted by molar-refractivity contribution is 5.06. The molecule has 15 heavy (non-hydrogen) atoms. The minimum Gasteiger partial charge on any atom is -0.380 e. The van der Waals surface area contributed by atoms with Gasteiger partial charge in [-0.1, -0.05) is 13.8 Å². The monoisotopic (exact) mass is 210 g/mol. The van der Waals surface area contributed by atoms with Crippen molar-refractivity contribution in [2.45, 2.75) is 33.4 Å². The normalized spacial score (nSPS) is 10.8. The first-order valence-electron chi connectivity index (χ1n) is 5.81. The summed E-state index contributed by atoms with van der Waals surface area (Å²) in [6.07, 6.45) is 3.21. The molecule has 0 bridgehead atoms. The minimum absolute atomic E-state index is 0.807. The quantitative estimate of drug-likeness (QED) is 0.664. The van der Waals surface area contributed by atoms with Crippen molar-refractivity contribution in [2.75, 3.05) is 19.8 Å². The van der Waals surface area contributed by atoms with Gasteiger partial charge < -0.3 is 14.6 Å². The maximum absolute atomic E-state index is 5.47. The smallest absolute Gasteiger partial charge is 0.0645 e. The Labute approximate surface area is 92.4 Å². The van der Waals surface area contributed by atoms with Gasteiger partial charge in [0.2, 0.25) is 0 Å². The molecule has 0 spiro atoms. The molecular weight excluding hydrogens is 188 g/mol. The topological polar surface area (TPSA) is 26.2 Å². The lowest BCUT2D eigenvalue weighted by Gasteiger charge is -2.09. The van der Waals surface area contributed by atoms with Crippen LogP contribution in [-0.4, -0.2) is 24.3 Å². The highest BCUT2D eigenvalue weighted by Crippen LogP contribution is 2.01. The van der Waals surface area contributed by atoms with Crippen LogP contribution in [0.5, 0.6) is 0 Å². The molecular formula is C12H22N2O. The van der Waals surface area contributed by atoms with Crippen LogP contribution in [0.1, 0.15) is 26.0 Å². The molecule has 3 heteroatoms. The fraction of sp³-hybridized carbons (Fsp3) is 0.667. The van der Waals surface area contributed by atoms with Crippen LogP contribution in [-0.2, 0) is 17.8 Å². The van der Waals surface area contributed by atoms with Crippen LogP contribution in [0, 0.1) is 0 Å². The highest BCUT2D eigenvalue weighted by Gasteiger charge is 1.99. The standard InChI is InChI=1S/C12H22N2O/c1-3-9-15-10-8-14-7-5-6-12(14)11-13-4-2/h5-7,13H,3-4,8-11H2,1-2H3. The molecule has 0 aromatic carbocycles. The van der Waals surface area contributed by atoms with Gasteiger partial charge in [-0.15, -0.1) is 0 Å². The van der Waals surface area contributed by atoms with E-state index in [1.54, 1.807) is 0 Å². The number of nitrogens with one attached hydrogen (secondary N) is 1. The summed E-state index contributed by atoms with van der Waals surface area (Å²) in [6, 6.07) is 4.25. The second kappa shape index (κ2) is 7.49. The van der Waals surface area contributed by atoms with Crippen LogP contribution < -0.4 is 5.32 Å². The third-order valence-corrected chi connectivity index (χ3v) is 2.30. The summed E-state index contributed by atoms with van der Waals surface area (Å²) < 4.78 is 7.72. The van der Waals surface area contributed by atoms with Crippen LogP contribution in [0.15, 0.2) is 18.3 Å². The van der Waals surface area contributed by atoms with E-state index in [1.165, 1.54) is 5.69 Å². The highest BCUT2D eigenvalue weighted by atomic mass is 16.5. The molecule has 0 aliphatic heterocycles. The van der Waals surface area contributed by atoms with E-state index in [4.69, 9.17) is 4.74 Å². The zero-order chi connectivity index (χ0) is 10.9. The molecule has 1 rings (SSSR count). The molecule has 0 atom stereocenters. The van der Waals surface area contributed by atoms with Crippen molar-refractivity contribution < 1.29 is 4.74 Å². The lowest BCUT2D eigenvalue weighted by atomic mass is 10.4. The molecule has 1 aromatic rings. The zero-order valence-electron chi connectivity index (χ0n) is 9.83. The maximum Gasteiger partial charge on any atom is 0.0645 e. The van der Waals surface area contributed by atoms with E-state index in [-0.39, 0.29) is 0 Å². The van der Waals surface area contributed by atoms with Crippen LogP contribution in [0.25, 0.3) is 0 Å². The van der Waals surface area contributed by atoms with Crippen LogP contribution >= 0.6 is 0 Å². The number of hydrogen-bond donors (Lipinski definition) is 1. The summed E-state index contributed by atoms with van der Waals surface area (Å²) in [5.74, 6) is 0. The van der Waals surface area contributed by atoms with Crippen molar-refractivity contribution in [3.63, 3.8) is 0 Å². The molecule has 3 nitrogen and oxygen atoms in total. The Balaban J connectivity index is 2.29. The predicted molar refractivity (Wildman–Crippen MR) is 62.9 cm³/mol. The largest absolute Gasteiger partial charge is 0.380 e. The van der Waals surface area contributed by atoms with E-state index in [0.717, 1.165) is 39.3 Å². The van der Waals surface area contributed by atoms with Crippen molar-refractivity contribution in [3.8, 4) is 0 Å². The zero-order valence-corrected chi connectivity index (χ0v) is 9.83. The van der Waals surface area contributed by atoms with E-state index in [2.05, 4.69) is 42.1 Å². The van der Waals surface area contributed by atoms with Crippen molar-refractivity contribution >= 4 is 0 Å². The third kappa shape index (κ3) is 4.49. The molecule has 86 valence electrons. The van der Waals surface area contributed by atoms with Gasteiger partial charge in [0, 0.05) is 31.6 Å². The Hall–Kier alpha value is -0.800. The average Bonchev–Trinajstić information content (AvgIpc) is 2.69. The second-order valence-electron chi connectivity index (χ2n) is 3.59. The fourth-order valence-corrected chi connectivity index (χ4v) is 1.49. The van der Waals surface area contributed by atoms with Crippen molar-refractivity contribution in [2.24, 2.45) is 0 Å².